The maximum absolute atomic E-state index is 12.2. The maximum Gasteiger partial charge on any atom is 0.223 e. The van der Waals surface area contributed by atoms with Crippen LogP contribution in [0.5, 0.6) is 5.75 Å². The molecule has 0 unspecified atom stereocenters. The number of benzene rings is 1. The minimum Gasteiger partial charge on any atom is -0.508 e. The normalized spacial score (nSPS) is 25.6. The molecule has 2 heterocycles. The lowest BCUT2D eigenvalue weighted by molar-refractivity contribution is -0.447. The number of nitrogens with one attached hydrogen (secondary N) is 1. The summed E-state index contributed by atoms with van der Waals surface area (Å²) in [6, 6.07) is 3.35. The smallest absolute Gasteiger partial charge is 0.223 e. The van der Waals surface area contributed by atoms with Crippen LogP contribution in [0.15, 0.2) is 12.1 Å². The lowest BCUT2D eigenvalue weighted by Gasteiger charge is -2.36. The molecule has 0 aromatic heterocycles. The first-order valence-corrected chi connectivity index (χ1v) is 7.85. The minimum absolute atomic E-state index is 0.0227. The number of carbonyl (C=O) groups excluding carboxylic acids is 1. The van der Waals surface area contributed by atoms with Gasteiger partial charge in [0.25, 0.3) is 0 Å². The van der Waals surface area contributed by atoms with Gasteiger partial charge in [0, 0.05) is 24.4 Å². The van der Waals surface area contributed by atoms with Crippen LogP contribution in [0, 0.1) is 0 Å². The third-order valence-corrected chi connectivity index (χ3v) is 5.11. The van der Waals surface area contributed by atoms with Crippen molar-refractivity contribution >= 4 is 35.3 Å². The number of halogens is 2. The number of hydrogen-bond donors (Lipinski definition) is 2. The molecule has 0 spiro atoms. The molecule has 21 heavy (non-hydrogen) atoms. The van der Waals surface area contributed by atoms with Crippen LogP contribution in [0.3, 0.4) is 0 Å². The Morgan fingerprint density at radius 3 is 2.86 bits per heavy atom. The van der Waals surface area contributed by atoms with E-state index in [2.05, 4.69) is 4.99 Å². The summed E-state index contributed by atoms with van der Waals surface area (Å²) in [4.78, 5) is 17.2. The van der Waals surface area contributed by atoms with Crippen molar-refractivity contribution in [1.82, 2.24) is 4.90 Å². The fraction of sp³-hybridized carbons (Fsp3) is 0.467. The summed E-state index contributed by atoms with van der Waals surface area (Å²) in [5.74, 6) is 0.347. The van der Waals surface area contributed by atoms with Crippen molar-refractivity contribution in [3.05, 3.63) is 27.7 Å². The molecule has 1 aromatic rings. The van der Waals surface area contributed by atoms with Gasteiger partial charge in [-0.15, -0.1) is 0 Å². The second-order valence-corrected chi connectivity index (χ2v) is 6.36. The van der Waals surface area contributed by atoms with E-state index in [1.54, 1.807) is 12.1 Å². The number of phenolic OH excluding ortho intramolecular Hbond substituents is 1. The number of likely N-dealkylation sites (tertiary alicyclic amines) is 1. The predicted molar refractivity (Wildman–Crippen MR) is 82.1 cm³/mol. The van der Waals surface area contributed by atoms with Gasteiger partial charge in [-0.2, -0.15) is 0 Å². The van der Waals surface area contributed by atoms with Crippen molar-refractivity contribution in [2.24, 2.45) is 0 Å². The molecule has 2 atom stereocenters. The molecule has 112 valence electrons. The molecule has 2 aliphatic heterocycles. The van der Waals surface area contributed by atoms with Gasteiger partial charge in [0.1, 0.15) is 12.0 Å². The first-order chi connectivity index (χ1) is 10.1. The number of hydrogen-bond acceptors (Lipinski definition) is 2. The average Bonchev–Trinajstić information content (AvgIpc) is 2.99. The number of aromatic hydroxyl groups is 1. The topological polar surface area (TPSA) is 54.5 Å². The summed E-state index contributed by atoms with van der Waals surface area (Å²) in [6.45, 7) is 1.36. The maximum atomic E-state index is 12.2. The van der Waals surface area contributed by atoms with E-state index in [9.17, 15) is 9.90 Å². The summed E-state index contributed by atoms with van der Waals surface area (Å²) in [6.07, 6.45) is 4.01. The number of rotatable bonds is 2. The van der Waals surface area contributed by atoms with Gasteiger partial charge in [0.05, 0.1) is 22.5 Å². The zero-order valence-corrected chi connectivity index (χ0v) is 13.0. The largest absolute Gasteiger partial charge is 0.508 e. The summed E-state index contributed by atoms with van der Waals surface area (Å²) in [5.41, 5.74) is 0.664. The SMILES string of the molecule is O=C1CC[C@@H](c2c(O)ccc(Cl)c2Cl)CN1[C@@H]1CC=[NH+]C1. The number of nitrogens with zero attached hydrogens (tertiary/aromatic N) is 1. The van der Waals surface area contributed by atoms with Gasteiger partial charge in [-0.3, -0.25) is 4.79 Å². The number of piperidine rings is 1. The standard InChI is InChI=1S/C15H16Cl2N2O2/c16-11-2-3-12(20)14(15(11)17)9-1-4-13(21)19(8-9)10-5-6-18-7-10/h2-3,6,9-10,20H,1,4-5,7-8H2/p+1/t9-,10-/m1/s1. The van der Waals surface area contributed by atoms with Gasteiger partial charge in [-0.1, -0.05) is 23.2 Å². The summed E-state index contributed by atoms with van der Waals surface area (Å²) < 4.78 is 0. The Kier molecular flexibility index (Phi) is 4.09. The summed E-state index contributed by atoms with van der Waals surface area (Å²) >= 11 is 12.3. The van der Waals surface area contributed by atoms with Crippen molar-refractivity contribution in [1.29, 1.82) is 0 Å². The number of carbonyl (C=O) groups is 1. The molecule has 6 heteroatoms. The van der Waals surface area contributed by atoms with Gasteiger partial charge in [-0.25, -0.2) is 4.99 Å². The van der Waals surface area contributed by atoms with Crippen molar-refractivity contribution in [2.45, 2.75) is 31.2 Å². The predicted octanol–water partition coefficient (Wildman–Crippen LogP) is 1.33. The fourth-order valence-electron chi connectivity index (χ4n) is 3.16. The van der Waals surface area contributed by atoms with E-state index in [0.717, 1.165) is 13.0 Å². The quantitative estimate of drug-likeness (QED) is 0.861. The van der Waals surface area contributed by atoms with Gasteiger partial charge in [-0.05, 0) is 18.6 Å². The Balaban J connectivity index is 1.86. The Morgan fingerprint density at radius 1 is 1.33 bits per heavy atom. The van der Waals surface area contributed by atoms with Crippen molar-refractivity contribution in [3.63, 3.8) is 0 Å². The molecule has 1 amide bonds. The number of phenols is 1. The highest BCUT2D eigenvalue weighted by molar-refractivity contribution is 6.42. The van der Waals surface area contributed by atoms with Crippen LogP contribution in [0.1, 0.15) is 30.7 Å². The van der Waals surface area contributed by atoms with E-state index in [1.165, 1.54) is 0 Å². The van der Waals surface area contributed by atoms with Crippen LogP contribution >= 0.6 is 23.2 Å². The third kappa shape index (κ3) is 2.74. The Morgan fingerprint density at radius 2 is 2.14 bits per heavy atom. The molecule has 1 saturated heterocycles. The molecule has 0 bridgehead atoms. The van der Waals surface area contributed by atoms with E-state index in [1.807, 2.05) is 11.1 Å². The molecule has 4 nitrogen and oxygen atoms in total. The van der Waals surface area contributed by atoms with E-state index in [-0.39, 0.29) is 23.6 Å². The summed E-state index contributed by atoms with van der Waals surface area (Å²) in [5, 5.41) is 10.9. The van der Waals surface area contributed by atoms with Crippen LogP contribution < -0.4 is 4.99 Å². The van der Waals surface area contributed by atoms with E-state index in [4.69, 9.17) is 23.2 Å². The van der Waals surface area contributed by atoms with Crippen molar-refractivity contribution in [3.8, 4) is 5.75 Å². The zero-order chi connectivity index (χ0) is 15.0. The third-order valence-electron chi connectivity index (χ3n) is 4.29. The molecule has 0 aliphatic carbocycles. The highest BCUT2D eigenvalue weighted by atomic mass is 35.5. The van der Waals surface area contributed by atoms with Gasteiger partial charge in [0.2, 0.25) is 5.91 Å². The lowest BCUT2D eigenvalue weighted by Crippen LogP contribution is -2.69. The molecule has 0 saturated carbocycles. The van der Waals surface area contributed by atoms with Crippen LogP contribution in [0.2, 0.25) is 10.0 Å². The molecule has 1 fully saturated rings. The molecule has 0 radical (unpaired) electrons. The van der Waals surface area contributed by atoms with Gasteiger partial charge in [0.15, 0.2) is 6.54 Å². The molecule has 2 aliphatic rings. The highest BCUT2D eigenvalue weighted by Crippen LogP contribution is 2.41. The molecule has 2 N–H and O–H groups in total. The average molecular weight is 328 g/mol. The van der Waals surface area contributed by atoms with Gasteiger partial charge < -0.3 is 10.0 Å². The molecular weight excluding hydrogens is 311 g/mol. The summed E-state index contributed by atoms with van der Waals surface area (Å²) in [7, 11) is 0. The van der Waals surface area contributed by atoms with Crippen LogP contribution in [-0.4, -0.2) is 41.3 Å². The van der Waals surface area contributed by atoms with E-state index >= 15 is 0 Å². The van der Waals surface area contributed by atoms with Crippen LogP contribution in [-0.2, 0) is 4.79 Å². The highest BCUT2D eigenvalue weighted by Gasteiger charge is 2.35. The Labute approximate surface area is 133 Å². The fourth-order valence-corrected chi connectivity index (χ4v) is 3.64. The second kappa shape index (κ2) is 5.85. The molecule has 1 aromatic carbocycles. The van der Waals surface area contributed by atoms with Crippen LogP contribution in [0.4, 0.5) is 0 Å². The molecular formula is C15H17Cl2N2O2+. The van der Waals surface area contributed by atoms with Gasteiger partial charge >= 0.3 is 0 Å². The Bertz CT molecular complexity index is 596. The first kappa shape index (κ1) is 14.7. The Hall–Kier alpha value is -1.26. The van der Waals surface area contributed by atoms with Crippen molar-refractivity contribution < 1.29 is 14.9 Å². The minimum atomic E-state index is 0.0227. The zero-order valence-electron chi connectivity index (χ0n) is 11.5. The second-order valence-electron chi connectivity index (χ2n) is 5.58. The van der Waals surface area contributed by atoms with Crippen molar-refractivity contribution in [2.75, 3.05) is 13.1 Å². The number of amides is 1. The monoisotopic (exact) mass is 327 g/mol. The molecule has 3 rings (SSSR count). The van der Waals surface area contributed by atoms with E-state index in [0.29, 0.717) is 35.0 Å². The van der Waals surface area contributed by atoms with Crippen LogP contribution in [0.25, 0.3) is 0 Å². The van der Waals surface area contributed by atoms with E-state index < -0.39 is 0 Å². The first-order valence-electron chi connectivity index (χ1n) is 7.09. The lowest BCUT2D eigenvalue weighted by atomic mass is 9.88.